The second-order valence-electron chi connectivity index (χ2n) is 8.03. The molecule has 0 saturated carbocycles. The van der Waals surface area contributed by atoms with Crippen molar-refractivity contribution in [3.05, 3.63) is 34.9 Å². The van der Waals surface area contributed by atoms with Crippen LogP contribution in [0.1, 0.15) is 70.4 Å². The third-order valence-corrected chi connectivity index (χ3v) is 5.59. The average molecular weight is 330 g/mol. The zero-order valence-electron chi connectivity index (χ0n) is 15.3. The van der Waals surface area contributed by atoms with E-state index in [1.165, 1.54) is 18.4 Å². The van der Waals surface area contributed by atoms with Crippen LogP contribution in [-0.4, -0.2) is 21.9 Å². The summed E-state index contributed by atoms with van der Waals surface area (Å²) in [5.41, 5.74) is 2.74. The molecule has 1 aromatic carbocycles. The van der Waals surface area contributed by atoms with Gasteiger partial charge in [0.2, 0.25) is 0 Å². The quantitative estimate of drug-likeness (QED) is 0.621. The third kappa shape index (κ3) is 3.06. The van der Waals surface area contributed by atoms with E-state index in [9.17, 15) is 10.2 Å². The van der Waals surface area contributed by atoms with Crippen molar-refractivity contribution in [1.82, 2.24) is 0 Å². The first-order chi connectivity index (χ1) is 11.3. The lowest BCUT2D eigenvalue weighted by atomic mass is 9.66. The van der Waals surface area contributed by atoms with Gasteiger partial charge < -0.3 is 14.9 Å². The van der Waals surface area contributed by atoms with Gasteiger partial charge in [-0.15, -0.1) is 0 Å². The number of fused-ring (bicyclic) bond motifs is 3. The van der Waals surface area contributed by atoms with E-state index >= 15 is 0 Å². The van der Waals surface area contributed by atoms with Gasteiger partial charge in [-0.1, -0.05) is 31.4 Å². The summed E-state index contributed by atoms with van der Waals surface area (Å²) < 4.78 is 6.27. The molecule has 2 aliphatic rings. The van der Waals surface area contributed by atoms with Gasteiger partial charge in [0.1, 0.15) is 17.1 Å². The van der Waals surface area contributed by atoms with Gasteiger partial charge in [-0.05, 0) is 57.7 Å². The second-order valence-corrected chi connectivity index (χ2v) is 8.03. The highest BCUT2D eigenvalue weighted by Crippen LogP contribution is 2.54. The summed E-state index contributed by atoms with van der Waals surface area (Å²) in [5.74, 6) is 1.19. The van der Waals surface area contributed by atoms with E-state index in [1.807, 2.05) is 26.0 Å². The van der Waals surface area contributed by atoms with Gasteiger partial charge in [-0.3, -0.25) is 0 Å². The summed E-state index contributed by atoms with van der Waals surface area (Å²) in [6.07, 6.45) is 6.76. The summed E-state index contributed by atoms with van der Waals surface area (Å²) in [5, 5.41) is 21.3. The number of hydrogen-bond acceptors (Lipinski definition) is 3. The zero-order valence-corrected chi connectivity index (χ0v) is 15.3. The van der Waals surface area contributed by atoms with Crippen LogP contribution in [0.15, 0.2) is 23.8 Å². The molecule has 1 aliphatic heterocycles. The number of phenolic OH excluding ortho intramolecular Hbond substituents is 1. The lowest BCUT2D eigenvalue weighted by Gasteiger charge is -2.48. The van der Waals surface area contributed by atoms with Gasteiger partial charge >= 0.3 is 0 Å². The van der Waals surface area contributed by atoms with E-state index in [1.54, 1.807) is 0 Å². The van der Waals surface area contributed by atoms with E-state index in [4.69, 9.17) is 4.74 Å². The van der Waals surface area contributed by atoms with Crippen LogP contribution in [0.3, 0.4) is 0 Å². The lowest BCUT2D eigenvalue weighted by Crippen LogP contribution is -2.51. The fourth-order valence-corrected chi connectivity index (χ4v) is 4.55. The van der Waals surface area contributed by atoms with Gasteiger partial charge in [0, 0.05) is 17.4 Å². The van der Waals surface area contributed by atoms with Gasteiger partial charge in [0.15, 0.2) is 0 Å². The predicted molar refractivity (Wildman–Crippen MR) is 96.7 cm³/mol. The molecule has 0 radical (unpaired) electrons. The fourth-order valence-electron chi connectivity index (χ4n) is 4.55. The number of hydrogen-bond donors (Lipinski definition) is 2. The number of benzene rings is 1. The number of aromatic hydroxyl groups is 1. The molecule has 1 aliphatic carbocycles. The molecule has 3 atom stereocenters. The maximum absolute atomic E-state index is 10.7. The van der Waals surface area contributed by atoms with Crippen LogP contribution in [0, 0.1) is 5.92 Å². The van der Waals surface area contributed by atoms with Crippen LogP contribution < -0.4 is 4.74 Å². The minimum atomic E-state index is -0.532. The Hall–Kier alpha value is -1.48. The molecule has 0 spiro atoms. The molecule has 132 valence electrons. The van der Waals surface area contributed by atoms with Crippen LogP contribution in [-0.2, 0) is 6.42 Å². The summed E-state index contributed by atoms with van der Waals surface area (Å²) in [6, 6.07) is 4.00. The molecule has 2 N–H and O–H groups in total. The van der Waals surface area contributed by atoms with Crippen LogP contribution in [0.4, 0.5) is 0 Å². The summed E-state index contributed by atoms with van der Waals surface area (Å²) in [7, 11) is 0. The smallest absolute Gasteiger partial charge is 0.127 e. The second kappa shape index (κ2) is 6.44. The molecule has 1 heterocycles. The number of phenols is 1. The predicted octanol–water partition coefficient (Wildman–Crippen LogP) is 4.71. The van der Waals surface area contributed by atoms with Crippen molar-refractivity contribution in [3.63, 3.8) is 0 Å². The highest BCUT2D eigenvalue weighted by molar-refractivity contribution is 5.53. The van der Waals surface area contributed by atoms with Gasteiger partial charge in [0.25, 0.3) is 0 Å². The molecule has 1 aromatic rings. The number of aryl methyl sites for hydroxylation is 1. The van der Waals surface area contributed by atoms with E-state index in [0.29, 0.717) is 5.75 Å². The molecule has 0 unspecified atom stereocenters. The number of aliphatic hydroxyl groups is 1. The molecule has 0 aromatic heterocycles. The Bertz CT molecular complexity index is 645. The molecule has 3 heteroatoms. The van der Waals surface area contributed by atoms with E-state index in [0.717, 1.165) is 36.1 Å². The lowest BCUT2D eigenvalue weighted by molar-refractivity contribution is -0.0457. The van der Waals surface area contributed by atoms with E-state index in [-0.39, 0.29) is 11.8 Å². The number of ether oxygens (including phenoxy) is 1. The normalized spacial score (nSPS) is 27.7. The van der Waals surface area contributed by atoms with Crippen LogP contribution in [0.2, 0.25) is 0 Å². The maximum Gasteiger partial charge on any atom is 0.127 e. The van der Waals surface area contributed by atoms with Crippen molar-refractivity contribution in [3.8, 4) is 11.5 Å². The minimum absolute atomic E-state index is 0.0365. The molecular weight excluding hydrogens is 300 g/mol. The van der Waals surface area contributed by atoms with Gasteiger partial charge in [-0.25, -0.2) is 0 Å². The van der Waals surface area contributed by atoms with Crippen molar-refractivity contribution >= 4 is 0 Å². The van der Waals surface area contributed by atoms with Crippen LogP contribution >= 0.6 is 0 Å². The number of allylic oxidation sites excluding steroid dienone is 1. The van der Waals surface area contributed by atoms with Crippen molar-refractivity contribution in [2.24, 2.45) is 5.92 Å². The van der Waals surface area contributed by atoms with Crippen LogP contribution in [0.5, 0.6) is 11.5 Å². The Kier molecular flexibility index (Phi) is 4.65. The van der Waals surface area contributed by atoms with Gasteiger partial charge in [0.05, 0.1) is 6.10 Å². The molecule has 0 bridgehead atoms. The molecule has 24 heavy (non-hydrogen) atoms. The summed E-state index contributed by atoms with van der Waals surface area (Å²) >= 11 is 0. The Morgan fingerprint density at radius 2 is 2.00 bits per heavy atom. The highest BCUT2D eigenvalue weighted by atomic mass is 16.5. The van der Waals surface area contributed by atoms with Gasteiger partial charge in [-0.2, -0.15) is 0 Å². The minimum Gasteiger partial charge on any atom is -0.508 e. The van der Waals surface area contributed by atoms with Crippen molar-refractivity contribution < 1.29 is 14.9 Å². The largest absolute Gasteiger partial charge is 0.508 e. The molecule has 0 saturated heterocycles. The topological polar surface area (TPSA) is 49.7 Å². The van der Waals surface area contributed by atoms with E-state index in [2.05, 4.69) is 19.9 Å². The van der Waals surface area contributed by atoms with Crippen LogP contribution in [0.25, 0.3) is 0 Å². The molecule has 0 fully saturated rings. The van der Waals surface area contributed by atoms with Crippen molar-refractivity contribution in [2.75, 3.05) is 0 Å². The molecule has 0 amide bonds. The first kappa shape index (κ1) is 17.3. The first-order valence-corrected chi connectivity index (χ1v) is 9.23. The van der Waals surface area contributed by atoms with E-state index < -0.39 is 11.7 Å². The Morgan fingerprint density at radius 3 is 2.71 bits per heavy atom. The molecular formula is C21H30O3. The number of aliphatic hydroxyl groups excluding tert-OH is 1. The van der Waals surface area contributed by atoms with Crippen molar-refractivity contribution in [2.45, 2.75) is 77.4 Å². The first-order valence-electron chi connectivity index (χ1n) is 9.23. The average Bonchev–Trinajstić information content (AvgIpc) is 2.44. The summed E-state index contributed by atoms with van der Waals surface area (Å²) in [6.45, 7) is 8.34. The standard InChI is InChI=1S/C21H30O3/c1-5-6-7-8-14-11-16(22)19-15-9-13(2)10-17(23)20(15)21(3,4)24-18(19)12-14/h10-12,15,17,20,22-23H,5-9H2,1-4H3/t15-,17+,20-/m0/s1. The summed E-state index contributed by atoms with van der Waals surface area (Å²) in [4.78, 5) is 0. The fraction of sp³-hybridized carbons (Fsp3) is 0.619. The number of unbranched alkanes of at least 4 members (excludes halogenated alkanes) is 2. The monoisotopic (exact) mass is 330 g/mol. The molecule has 3 nitrogen and oxygen atoms in total. The Balaban J connectivity index is 2.00. The third-order valence-electron chi connectivity index (χ3n) is 5.59. The Labute approximate surface area is 145 Å². The zero-order chi connectivity index (χ0) is 17.5. The highest BCUT2D eigenvalue weighted by Gasteiger charge is 2.49. The number of rotatable bonds is 4. The Morgan fingerprint density at radius 1 is 1.25 bits per heavy atom. The van der Waals surface area contributed by atoms with Crippen molar-refractivity contribution in [1.29, 1.82) is 0 Å². The molecule has 3 rings (SSSR count). The SMILES string of the molecule is CCCCCc1cc(O)c2c(c1)OC(C)(C)[C@@H]1[C@H](O)C=C(C)C[C@@H]21. The maximum atomic E-state index is 10.7.